The number of nitrogen functional groups attached to an aromatic ring is 2. The minimum Gasteiger partial charge on any atom is -0.462 e. The number of ether oxygens (including phenoxy) is 1. The van der Waals surface area contributed by atoms with E-state index >= 15 is 0 Å². The molecule has 0 aliphatic rings. The summed E-state index contributed by atoms with van der Waals surface area (Å²) in [6.07, 6.45) is 6.01. The normalized spacial score (nSPS) is 10.3. The first kappa shape index (κ1) is 12.9. The Bertz CT molecular complexity index is 552. The molecule has 0 saturated carbocycles. The van der Waals surface area contributed by atoms with E-state index in [1.54, 1.807) is 30.7 Å². The first-order valence-electron chi connectivity index (χ1n) is 5.94. The van der Waals surface area contributed by atoms with Crippen molar-refractivity contribution in [3.8, 4) is 0 Å². The van der Waals surface area contributed by atoms with Crippen molar-refractivity contribution in [3.63, 3.8) is 0 Å². The van der Waals surface area contributed by atoms with Crippen LogP contribution in [0.25, 0.3) is 0 Å². The molecule has 0 fully saturated rings. The molecule has 0 bridgehead atoms. The van der Waals surface area contributed by atoms with E-state index in [0.29, 0.717) is 23.5 Å². The molecule has 2 rings (SSSR count). The van der Waals surface area contributed by atoms with E-state index in [9.17, 15) is 4.79 Å². The van der Waals surface area contributed by atoms with Gasteiger partial charge in [0.25, 0.3) is 0 Å². The molecular formula is C13H16N4O2. The zero-order valence-electron chi connectivity index (χ0n) is 10.5. The molecule has 0 amide bonds. The average Bonchev–Trinajstić information content (AvgIpc) is 2.87. The van der Waals surface area contributed by atoms with Crippen molar-refractivity contribution in [2.24, 2.45) is 0 Å². The van der Waals surface area contributed by atoms with Gasteiger partial charge in [-0.1, -0.05) is 0 Å². The number of rotatable bonds is 5. The minimum absolute atomic E-state index is 0.333. The second-order valence-electron chi connectivity index (χ2n) is 4.14. The molecule has 6 nitrogen and oxygen atoms in total. The Labute approximate surface area is 111 Å². The van der Waals surface area contributed by atoms with Gasteiger partial charge in [0.1, 0.15) is 0 Å². The molecule has 0 aliphatic heterocycles. The van der Waals surface area contributed by atoms with Crippen molar-refractivity contribution in [2.45, 2.75) is 13.0 Å². The van der Waals surface area contributed by atoms with Crippen LogP contribution in [-0.2, 0) is 11.3 Å². The van der Waals surface area contributed by atoms with Crippen LogP contribution < -0.4 is 11.5 Å². The standard InChI is InChI=1S/C13H16N4O2/c14-10-2-3-11(12(15)8-10)13(18)19-7-1-5-17-6-4-16-9-17/h2-4,6,8-9H,1,5,7,14-15H2. The van der Waals surface area contributed by atoms with Gasteiger partial charge in [-0.05, 0) is 24.6 Å². The number of anilines is 2. The van der Waals surface area contributed by atoms with Crippen molar-refractivity contribution in [1.82, 2.24) is 9.55 Å². The Hall–Kier alpha value is -2.50. The highest BCUT2D eigenvalue weighted by Gasteiger charge is 2.10. The number of aromatic nitrogens is 2. The third-order valence-electron chi connectivity index (χ3n) is 2.65. The summed E-state index contributed by atoms with van der Waals surface area (Å²) in [7, 11) is 0. The second kappa shape index (κ2) is 5.90. The van der Waals surface area contributed by atoms with Crippen LogP contribution >= 0.6 is 0 Å². The van der Waals surface area contributed by atoms with Gasteiger partial charge in [0.15, 0.2) is 0 Å². The van der Waals surface area contributed by atoms with Gasteiger partial charge in [-0.25, -0.2) is 9.78 Å². The van der Waals surface area contributed by atoms with Crippen molar-refractivity contribution in [1.29, 1.82) is 0 Å². The lowest BCUT2D eigenvalue weighted by Crippen LogP contribution is -2.10. The van der Waals surface area contributed by atoms with E-state index in [1.165, 1.54) is 0 Å². The van der Waals surface area contributed by atoms with Crippen LogP contribution in [0.3, 0.4) is 0 Å². The molecule has 19 heavy (non-hydrogen) atoms. The van der Waals surface area contributed by atoms with Crippen LogP contribution in [0, 0.1) is 0 Å². The van der Waals surface area contributed by atoms with Crippen molar-refractivity contribution in [3.05, 3.63) is 42.5 Å². The molecule has 4 N–H and O–H groups in total. The third kappa shape index (κ3) is 3.48. The SMILES string of the molecule is Nc1ccc(C(=O)OCCCn2ccnc2)c(N)c1. The summed E-state index contributed by atoms with van der Waals surface area (Å²) in [6.45, 7) is 1.09. The number of carbonyl (C=O) groups is 1. The number of hydrogen-bond donors (Lipinski definition) is 2. The number of nitrogens with two attached hydrogens (primary N) is 2. The van der Waals surface area contributed by atoms with Gasteiger partial charge in [0, 0.05) is 30.3 Å². The number of hydrogen-bond acceptors (Lipinski definition) is 5. The fourth-order valence-corrected chi connectivity index (χ4v) is 1.68. The molecular weight excluding hydrogens is 244 g/mol. The first-order valence-corrected chi connectivity index (χ1v) is 5.94. The van der Waals surface area contributed by atoms with Gasteiger partial charge in [0.05, 0.1) is 18.5 Å². The summed E-state index contributed by atoms with van der Waals surface area (Å²) >= 11 is 0. The topological polar surface area (TPSA) is 96.2 Å². The number of esters is 1. The lowest BCUT2D eigenvalue weighted by molar-refractivity contribution is 0.0497. The van der Waals surface area contributed by atoms with E-state index in [4.69, 9.17) is 16.2 Å². The Morgan fingerprint density at radius 3 is 2.89 bits per heavy atom. The molecule has 6 heteroatoms. The van der Waals surface area contributed by atoms with Crippen LogP contribution in [0.15, 0.2) is 36.9 Å². The Balaban J connectivity index is 1.81. The van der Waals surface area contributed by atoms with Gasteiger partial charge in [-0.15, -0.1) is 0 Å². The molecule has 100 valence electrons. The fraction of sp³-hybridized carbons (Fsp3) is 0.231. The van der Waals surface area contributed by atoms with Gasteiger partial charge in [0.2, 0.25) is 0 Å². The van der Waals surface area contributed by atoms with Crippen LogP contribution in [-0.4, -0.2) is 22.1 Å². The van der Waals surface area contributed by atoms with Crippen LogP contribution in [0.1, 0.15) is 16.8 Å². The summed E-state index contributed by atoms with van der Waals surface area (Å²) in [5, 5.41) is 0. The smallest absolute Gasteiger partial charge is 0.340 e. The monoisotopic (exact) mass is 260 g/mol. The number of aryl methyl sites for hydroxylation is 1. The maximum atomic E-state index is 11.8. The predicted molar refractivity (Wildman–Crippen MR) is 72.4 cm³/mol. The molecule has 0 unspecified atom stereocenters. The van der Waals surface area contributed by atoms with Crippen LogP contribution in [0.4, 0.5) is 11.4 Å². The predicted octanol–water partition coefficient (Wildman–Crippen LogP) is 1.29. The molecule has 0 saturated heterocycles. The third-order valence-corrected chi connectivity index (χ3v) is 2.65. The second-order valence-corrected chi connectivity index (χ2v) is 4.14. The summed E-state index contributed by atoms with van der Waals surface area (Å²) in [4.78, 5) is 15.7. The van der Waals surface area contributed by atoms with E-state index < -0.39 is 5.97 Å². The summed E-state index contributed by atoms with van der Waals surface area (Å²) in [5.74, 6) is -0.428. The highest BCUT2D eigenvalue weighted by molar-refractivity contribution is 5.95. The molecule has 0 aliphatic carbocycles. The van der Waals surface area contributed by atoms with Crippen molar-refractivity contribution < 1.29 is 9.53 Å². The molecule has 2 aromatic rings. The van der Waals surface area contributed by atoms with Gasteiger partial charge >= 0.3 is 5.97 Å². The maximum absolute atomic E-state index is 11.8. The zero-order chi connectivity index (χ0) is 13.7. The van der Waals surface area contributed by atoms with Crippen LogP contribution in [0.2, 0.25) is 0 Å². The maximum Gasteiger partial charge on any atom is 0.340 e. The molecule has 1 heterocycles. The lowest BCUT2D eigenvalue weighted by Gasteiger charge is -2.07. The highest BCUT2D eigenvalue weighted by Crippen LogP contribution is 2.16. The summed E-state index contributed by atoms with van der Waals surface area (Å²) < 4.78 is 7.08. The molecule has 0 radical (unpaired) electrons. The average molecular weight is 260 g/mol. The number of nitrogens with zero attached hydrogens (tertiary/aromatic N) is 2. The van der Waals surface area contributed by atoms with Crippen molar-refractivity contribution in [2.75, 3.05) is 18.1 Å². The zero-order valence-corrected chi connectivity index (χ0v) is 10.5. The van der Waals surface area contributed by atoms with Crippen LogP contribution in [0.5, 0.6) is 0 Å². The Morgan fingerprint density at radius 1 is 1.37 bits per heavy atom. The highest BCUT2D eigenvalue weighted by atomic mass is 16.5. The van der Waals surface area contributed by atoms with E-state index in [1.807, 2.05) is 10.8 Å². The number of benzene rings is 1. The van der Waals surface area contributed by atoms with E-state index in [2.05, 4.69) is 4.98 Å². The van der Waals surface area contributed by atoms with Gasteiger partial charge < -0.3 is 20.8 Å². The lowest BCUT2D eigenvalue weighted by atomic mass is 10.1. The van der Waals surface area contributed by atoms with E-state index in [0.717, 1.165) is 13.0 Å². The van der Waals surface area contributed by atoms with E-state index in [-0.39, 0.29) is 0 Å². The Morgan fingerprint density at radius 2 is 2.21 bits per heavy atom. The molecule has 0 atom stereocenters. The fourth-order valence-electron chi connectivity index (χ4n) is 1.68. The summed E-state index contributed by atoms with van der Waals surface area (Å²) in [5.41, 5.74) is 12.5. The molecule has 1 aromatic carbocycles. The largest absolute Gasteiger partial charge is 0.462 e. The quantitative estimate of drug-likeness (QED) is 0.480. The summed E-state index contributed by atoms with van der Waals surface area (Å²) in [6, 6.07) is 4.74. The minimum atomic E-state index is -0.428. The number of imidazole rings is 1. The van der Waals surface area contributed by atoms with Crippen molar-refractivity contribution >= 4 is 17.3 Å². The number of carbonyl (C=O) groups excluding carboxylic acids is 1. The van der Waals surface area contributed by atoms with Gasteiger partial charge in [-0.2, -0.15) is 0 Å². The Kier molecular flexibility index (Phi) is 4.02. The molecule has 1 aromatic heterocycles. The molecule has 0 spiro atoms. The van der Waals surface area contributed by atoms with Gasteiger partial charge in [-0.3, -0.25) is 0 Å². The first-order chi connectivity index (χ1) is 9.16.